The van der Waals surface area contributed by atoms with Crippen molar-refractivity contribution >= 4 is 12.2 Å². The fraction of sp³-hybridized carbons (Fsp3) is 0.583. The molecule has 1 aliphatic rings. The predicted molar refractivity (Wildman–Crippen MR) is 64.1 cm³/mol. The second kappa shape index (κ2) is 7.10. The van der Waals surface area contributed by atoms with Gasteiger partial charge in [-0.3, -0.25) is 4.57 Å². The molecule has 0 saturated heterocycles. The van der Waals surface area contributed by atoms with Crippen LogP contribution in [0, 0.1) is 0 Å². The van der Waals surface area contributed by atoms with E-state index in [0.717, 1.165) is 23.6 Å². The lowest BCUT2D eigenvalue weighted by Crippen LogP contribution is -2.31. The summed E-state index contributed by atoms with van der Waals surface area (Å²) >= 11 is 0. The molecule has 1 aromatic heterocycles. The van der Waals surface area contributed by atoms with E-state index in [1.807, 2.05) is 39.8 Å². The van der Waals surface area contributed by atoms with E-state index in [-0.39, 0.29) is 5.76 Å². The van der Waals surface area contributed by atoms with Gasteiger partial charge in [-0.1, -0.05) is 33.8 Å². The molecule has 15 heavy (non-hydrogen) atoms. The van der Waals surface area contributed by atoms with E-state index >= 15 is 0 Å². The van der Waals surface area contributed by atoms with Crippen molar-refractivity contribution < 1.29 is 4.42 Å². The molecule has 1 aromatic rings. The van der Waals surface area contributed by atoms with Gasteiger partial charge in [-0.25, -0.2) is 4.79 Å². The summed E-state index contributed by atoms with van der Waals surface area (Å²) in [6, 6.07) is 0. The molecule has 86 valence electrons. The van der Waals surface area contributed by atoms with Crippen LogP contribution in [0.1, 0.15) is 40.5 Å². The average Bonchev–Trinajstić information content (AvgIpc) is 2.61. The van der Waals surface area contributed by atoms with Crippen LogP contribution in [0.25, 0.3) is 12.2 Å². The van der Waals surface area contributed by atoms with E-state index < -0.39 is 0 Å². The Hall–Kier alpha value is -1.25. The van der Waals surface area contributed by atoms with Crippen LogP contribution in [0.3, 0.4) is 0 Å². The molecule has 0 unspecified atom stereocenters. The fourth-order valence-electron chi connectivity index (χ4n) is 1.30. The van der Waals surface area contributed by atoms with Crippen LogP contribution < -0.4 is 16.5 Å². The molecule has 0 N–H and O–H groups in total. The lowest BCUT2D eigenvalue weighted by molar-refractivity contribution is 0.469. The van der Waals surface area contributed by atoms with Gasteiger partial charge in [-0.05, 0) is 18.9 Å². The highest BCUT2D eigenvalue weighted by atomic mass is 16.4. The maximum atomic E-state index is 11.0. The molecule has 3 nitrogen and oxygen atoms in total. The number of rotatable bonds is 0. The minimum Gasteiger partial charge on any atom is -0.408 e. The Labute approximate surface area is 90.7 Å². The number of aromatic nitrogens is 1. The van der Waals surface area contributed by atoms with Crippen molar-refractivity contribution in [1.29, 1.82) is 0 Å². The molecule has 2 rings (SSSR count). The van der Waals surface area contributed by atoms with Crippen LogP contribution in [-0.2, 0) is 7.05 Å². The Balaban J connectivity index is 0.000000442. The molecule has 0 saturated carbocycles. The lowest BCUT2D eigenvalue weighted by Gasteiger charge is -1.92. The lowest BCUT2D eigenvalue weighted by atomic mass is 10.2. The van der Waals surface area contributed by atoms with E-state index in [9.17, 15) is 4.79 Å². The quantitative estimate of drug-likeness (QED) is 0.650. The third kappa shape index (κ3) is 3.11. The first-order valence-corrected chi connectivity index (χ1v) is 5.65. The van der Waals surface area contributed by atoms with Crippen molar-refractivity contribution in [3.8, 4) is 0 Å². The summed E-state index contributed by atoms with van der Waals surface area (Å²) in [6.07, 6.45) is 5.96. The molecule has 0 radical (unpaired) electrons. The van der Waals surface area contributed by atoms with E-state index in [2.05, 4.69) is 0 Å². The summed E-state index contributed by atoms with van der Waals surface area (Å²) in [5.41, 5.74) is 0.726. The number of hydrogen-bond acceptors (Lipinski definition) is 2. The molecule has 1 heterocycles. The Kier molecular flexibility index (Phi) is 6.50. The molecule has 3 heteroatoms. The molecule has 0 fully saturated rings. The maximum absolute atomic E-state index is 11.0. The maximum Gasteiger partial charge on any atom is 0.419 e. The third-order valence-corrected chi connectivity index (χ3v) is 1.92. The van der Waals surface area contributed by atoms with Gasteiger partial charge < -0.3 is 4.42 Å². The van der Waals surface area contributed by atoms with Gasteiger partial charge in [0.1, 0.15) is 0 Å². The predicted octanol–water partition coefficient (Wildman–Crippen LogP) is 1.39. The minimum absolute atomic E-state index is 0.274. The number of fused-ring (bicyclic) bond motifs is 1. The molecule has 0 bridgehead atoms. The summed E-state index contributed by atoms with van der Waals surface area (Å²) < 4.78 is 6.49. The van der Waals surface area contributed by atoms with Gasteiger partial charge in [0.25, 0.3) is 0 Å². The summed E-state index contributed by atoms with van der Waals surface area (Å²) in [5, 5.41) is 0.918. The smallest absolute Gasteiger partial charge is 0.408 e. The van der Waals surface area contributed by atoms with Crippen LogP contribution in [0.15, 0.2) is 9.21 Å². The van der Waals surface area contributed by atoms with Crippen LogP contribution in [0.4, 0.5) is 0 Å². The summed E-state index contributed by atoms with van der Waals surface area (Å²) in [7, 11) is 1.72. The van der Waals surface area contributed by atoms with Crippen molar-refractivity contribution in [2.75, 3.05) is 0 Å². The highest BCUT2D eigenvalue weighted by Crippen LogP contribution is 1.92. The van der Waals surface area contributed by atoms with Crippen LogP contribution >= 0.6 is 0 Å². The largest absolute Gasteiger partial charge is 0.419 e. The summed E-state index contributed by atoms with van der Waals surface area (Å²) in [5.74, 6) is -0.274. The second-order valence-corrected chi connectivity index (χ2v) is 2.66. The molecule has 0 amide bonds. The first-order chi connectivity index (χ1) is 7.29. The van der Waals surface area contributed by atoms with Crippen molar-refractivity contribution in [1.82, 2.24) is 4.57 Å². The zero-order valence-corrected chi connectivity index (χ0v) is 10.3. The van der Waals surface area contributed by atoms with Gasteiger partial charge in [0.2, 0.25) is 0 Å². The Morgan fingerprint density at radius 3 is 2.20 bits per heavy atom. The van der Waals surface area contributed by atoms with Gasteiger partial charge >= 0.3 is 5.76 Å². The first kappa shape index (κ1) is 13.8. The van der Waals surface area contributed by atoms with E-state index in [1.165, 1.54) is 4.57 Å². The van der Waals surface area contributed by atoms with E-state index in [0.29, 0.717) is 0 Å². The highest BCUT2D eigenvalue weighted by Gasteiger charge is 2.02. The van der Waals surface area contributed by atoms with Crippen LogP contribution in [0.5, 0.6) is 0 Å². The van der Waals surface area contributed by atoms with Crippen LogP contribution in [0.2, 0.25) is 0 Å². The molecule has 1 aliphatic carbocycles. The fourth-order valence-corrected chi connectivity index (χ4v) is 1.30. The normalized spacial score (nSPS) is 11.8. The van der Waals surface area contributed by atoms with Crippen molar-refractivity contribution in [3.63, 3.8) is 0 Å². The summed E-state index contributed by atoms with van der Waals surface area (Å²) in [6.45, 7) is 8.00. The monoisotopic (exact) mass is 211 g/mol. The molecular weight excluding hydrogens is 190 g/mol. The van der Waals surface area contributed by atoms with Gasteiger partial charge in [-0.15, -0.1) is 0 Å². The van der Waals surface area contributed by atoms with E-state index in [1.54, 1.807) is 7.05 Å². The van der Waals surface area contributed by atoms with Gasteiger partial charge in [0.15, 0.2) is 5.42 Å². The van der Waals surface area contributed by atoms with Gasteiger partial charge in [0, 0.05) is 7.05 Å². The van der Waals surface area contributed by atoms with Crippen molar-refractivity contribution in [2.45, 2.75) is 40.5 Å². The Morgan fingerprint density at radius 1 is 1.13 bits per heavy atom. The molecule has 0 aromatic carbocycles. The molecular formula is C12H21NO2. The number of oxazole rings is 1. The molecule has 0 aliphatic heterocycles. The zero-order chi connectivity index (χ0) is 11.8. The van der Waals surface area contributed by atoms with Gasteiger partial charge in [0.05, 0.1) is 5.35 Å². The third-order valence-electron chi connectivity index (χ3n) is 1.92. The average molecular weight is 211 g/mol. The first-order valence-electron chi connectivity index (χ1n) is 5.65. The van der Waals surface area contributed by atoms with Gasteiger partial charge in [-0.2, -0.15) is 0 Å². The summed E-state index contributed by atoms with van der Waals surface area (Å²) in [4.78, 5) is 11.0. The molecule has 0 atom stereocenters. The number of nitrogens with zero attached hydrogens (tertiary/aromatic N) is 1. The topological polar surface area (TPSA) is 35.1 Å². The standard InChI is InChI=1S/C8H9NO2.2C2H6/c1-9-6-4-2-3-5-7(6)11-8(9)10;2*1-2/h4-5H,2-3H2,1H3;2*1-2H3. The Morgan fingerprint density at radius 2 is 1.67 bits per heavy atom. The highest BCUT2D eigenvalue weighted by molar-refractivity contribution is 5.31. The van der Waals surface area contributed by atoms with Crippen molar-refractivity contribution in [3.05, 3.63) is 21.3 Å². The minimum atomic E-state index is -0.274. The van der Waals surface area contributed by atoms with Crippen LogP contribution in [-0.4, -0.2) is 4.57 Å². The SMILES string of the molecule is CC.CC.Cn1c(=O)oc2c1=CCCC=2. The second-order valence-electron chi connectivity index (χ2n) is 2.66. The molecule has 0 spiro atoms. The number of hydrogen-bond donors (Lipinski definition) is 0. The van der Waals surface area contributed by atoms with Crippen molar-refractivity contribution in [2.24, 2.45) is 7.05 Å². The van der Waals surface area contributed by atoms with E-state index in [4.69, 9.17) is 4.42 Å². The zero-order valence-electron chi connectivity index (χ0n) is 10.3. The Bertz CT molecular complexity index is 437.